The van der Waals surface area contributed by atoms with Crippen LogP contribution in [0.5, 0.6) is 0 Å². The van der Waals surface area contributed by atoms with Gasteiger partial charge in [0.05, 0.1) is 18.8 Å². The lowest BCUT2D eigenvalue weighted by molar-refractivity contribution is -0.146. The van der Waals surface area contributed by atoms with Gasteiger partial charge in [-0.2, -0.15) is 0 Å². The van der Waals surface area contributed by atoms with Gasteiger partial charge in [0.1, 0.15) is 0 Å². The number of hydrogen-bond acceptors (Lipinski definition) is 4. The first kappa shape index (κ1) is 16.0. The zero-order chi connectivity index (χ0) is 15.5. The van der Waals surface area contributed by atoms with Crippen LogP contribution in [0.3, 0.4) is 0 Å². The number of methoxy groups -OCH3 is 1. The largest absolute Gasteiger partial charge is 0.469 e. The van der Waals surface area contributed by atoms with Gasteiger partial charge < -0.3 is 4.74 Å². The Morgan fingerprint density at radius 2 is 1.81 bits per heavy atom. The van der Waals surface area contributed by atoms with Crippen molar-refractivity contribution < 1.29 is 17.9 Å². The monoisotopic (exact) mass is 311 g/mol. The molecular weight excluding hydrogens is 290 g/mol. The topological polar surface area (TPSA) is 63.7 Å². The van der Waals surface area contributed by atoms with Crippen LogP contribution in [0.25, 0.3) is 0 Å². The van der Waals surface area contributed by atoms with Gasteiger partial charge in [0.15, 0.2) is 0 Å². The summed E-state index contributed by atoms with van der Waals surface area (Å²) in [4.78, 5) is 11.5. The molecule has 0 unspecified atom stereocenters. The Morgan fingerprint density at radius 1 is 1.24 bits per heavy atom. The molecule has 0 N–H and O–H groups in total. The second-order valence-electron chi connectivity index (χ2n) is 5.44. The predicted molar refractivity (Wildman–Crippen MR) is 80.1 cm³/mol. The summed E-state index contributed by atoms with van der Waals surface area (Å²) in [7, 11) is -1.96. The summed E-state index contributed by atoms with van der Waals surface area (Å²) in [5, 5.41) is 0. The standard InChI is InChI=1S/C15H21NO4S/c1-12-3-5-13(6-4-12)11-21(18,19)16-9-7-14(8-10-16)15(17)20-2/h3-6,14H,7-11H2,1-2H3. The van der Waals surface area contributed by atoms with Crippen molar-refractivity contribution in [3.05, 3.63) is 35.4 Å². The summed E-state index contributed by atoms with van der Waals surface area (Å²) >= 11 is 0. The summed E-state index contributed by atoms with van der Waals surface area (Å²) in [6.45, 7) is 2.73. The third-order valence-electron chi connectivity index (χ3n) is 3.85. The number of aryl methyl sites for hydroxylation is 1. The van der Waals surface area contributed by atoms with Crippen molar-refractivity contribution in [1.82, 2.24) is 4.31 Å². The first-order valence-corrected chi connectivity index (χ1v) is 8.64. The van der Waals surface area contributed by atoms with E-state index >= 15 is 0 Å². The molecule has 0 amide bonds. The Labute approximate surface area is 126 Å². The van der Waals surface area contributed by atoms with E-state index in [4.69, 9.17) is 4.74 Å². The third kappa shape index (κ3) is 4.04. The number of rotatable bonds is 4. The van der Waals surface area contributed by atoms with Gasteiger partial charge in [-0.05, 0) is 25.3 Å². The molecule has 116 valence electrons. The van der Waals surface area contributed by atoms with Crippen molar-refractivity contribution in [3.63, 3.8) is 0 Å². The molecular formula is C15H21NO4S. The van der Waals surface area contributed by atoms with E-state index in [1.54, 1.807) is 0 Å². The number of benzene rings is 1. The van der Waals surface area contributed by atoms with Crippen molar-refractivity contribution in [2.45, 2.75) is 25.5 Å². The highest BCUT2D eigenvalue weighted by atomic mass is 32.2. The van der Waals surface area contributed by atoms with E-state index in [1.807, 2.05) is 31.2 Å². The molecule has 1 fully saturated rings. The minimum absolute atomic E-state index is 0.0101. The molecule has 1 aliphatic heterocycles. The van der Waals surface area contributed by atoms with Gasteiger partial charge in [-0.25, -0.2) is 12.7 Å². The minimum atomic E-state index is -3.32. The second-order valence-corrected chi connectivity index (χ2v) is 7.41. The van der Waals surface area contributed by atoms with Crippen molar-refractivity contribution in [3.8, 4) is 0 Å². The summed E-state index contributed by atoms with van der Waals surface area (Å²) in [6.07, 6.45) is 1.06. The zero-order valence-electron chi connectivity index (χ0n) is 12.4. The van der Waals surface area contributed by atoms with Gasteiger partial charge in [-0.1, -0.05) is 29.8 Å². The van der Waals surface area contributed by atoms with E-state index in [-0.39, 0.29) is 17.6 Å². The van der Waals surface area contributed by atoms with Gasteiger partial charge in [0, 0.05) is 13.1 Å². The maximum absolute atomic E-state index is 12.4. The van der Waals surface area contributed by atoms with Crippen LogP contribution in [0.2, 0.25) is 0 Å². The Kier molecular flexibility index (Phi) is 5.00. The molecule has 1 aliphatic rings. The Hall–Kier alpha value is -1.40. The van der Waals surface area contributed by atoms with Crippen molar-refractivity contribution >= 4 is 16.0 Å². The number of carbonyl (C=O) groups is 1. The van der Waals surface area contributed by atoms with E-state index in [0.717, 1.165) is 11.1 Å². The third-order valence-corrected chi connectivity index (χ3v) is 5.70. The number of esters is 1. The van der Waals surface area contributed by atoms with Crippen molar-refractivity contribution in [1.29, 1.82) is 0 Å². The predicted octanol–water partition coefficient (Wildman–Crippen LogP) is 1.71. The average Bonchev–Trinajstić information content (AvgIpc) is 2.49. The molecule has 0 atom stereocenters. The maximum atomic E-state index is 12.4. The van der Waals surface area contributed by atoms with Crippen LogP contribution in [0, 0.1) is 12.8 Å². The molecule has 21 heavy (non-hydrogen) atoms. The quantitative estimate of drug-likeness (QED) is 0.794. The smallest absolute Gasteiger partial charge is 0.308 e. The van der Waals surface area contributed by atoms with Crippen molar-refractivity contribution in [2.75, 3.05) is 20.2 Å². The Morgan fingerprint density at radius 3 is 2.33 bits per heavy atom. The van der Waals surface area contributed by atoms with E-state index in [1.165, 1.54) is 11.4 Å². The molecule has 0 radical (unpaired) electrons. The van der Waals surface area contributed by atoms with Gasteiger partial charge in [-0.15, -0.1) is 0 Å². The lowest BCUT2D eigenvalue weighted by Gasteiger charge is -2.29. The molecule has 1 saturated heterocycles. The minimum Gasteiger partial charge on any atom is -0.469 e. The molecule has 1 aromatic rings. The van der Waals surface area contributed by atoms with E-state index < -0.39 is 10.0 Å². The highest BCUT2D eigenvalue weighted by molar-refractivity contribution is 7.88. The molecule has 6 heteroatoms. The molecule has 5 nitrogen and oxygen atoms in total. The molecule has 1 aromatic carbocycles. The average molecular weight is 311 g/mol. The second kappa shape index (κ2) is 6.58. The molecule has 0 saturated carbocycles. The number of piperidine rings is 1. The fraction of sp³-hybridized carbons (Fsp3) is 0.533. The molecule has 1 heterocycles. The lowest BCUT2D eigenvalue weighted by Crippen LogP contribution is -2.41. The van der Waals surface area contributed by atoms with Gasteiger partial charge in [-0.3, -0.25) is 4.79 Å². The summed E-state index contributed by atoms with van der Waals surface area (Å²) in [5.74, 6) is -0.415. The van der Waals surface area contributed by atoms with Crippen molar-refractivity contribution in [2.24, 2.45) is 5.92 Å². The Bertz CT molecular complexity index is 587. The number of ether oxygens (including phenoxy) is 1. The number of carbonyl (C=O) groups excluding carboxylic acids is 1. The van der Waals surface area contributed by atoms with Gasteiger partial charge in [0.2, 0.25) is 10.0 Å². The van der Waals surface area contributed by atoms with Crippen LogP contribution in [0.4, 0.5) is 0 Å². The van der Waals surface area contributed by atoms with Crippen LogP contribution < -0.4 is 0 Å². The van der Waals surface area contributed by atoms with E-state index in [0.29, 0.717) is 25.9 Å². The number of sulfonamides is 1. The molecule has 0 spiro atoms. The first-order valence-electron chi connectivity index (χ1n) is 7.03. The molecule has 2 rings (SSSR count). The SMILES string of the molecule is COC(=O)C1CCN(S(=O)(=O)Cc2ccc(C)cc2)CC1. The fourth-order valence-corrected chi connectivity index (χ4v) is 4.09. The zero-order valence-corrected chi connectivity index (χ0v) is 13.2. The van der Waals surface area contributed by atoms with Crippen LogP contribution in [-0.2, 0) is 25.3 Å². The summed E-state index contributed by atoms with van der Waals surface area (Å²) in [5.41, 5.74) is 1.89. The van der Waals surface area contributed by atoms with E-state index in [2.05, 4.69) is 0 Å². The van der Waals surface area contributed by atoms with E-state index in [9.17, 15) is 13.2 Å². The van der Waals surface area contributed by atoms with Gasteiger partial charge >= 0.3 is 5.97 Å². The Balaban J connectivity index is 1.98. The first-order chi connectivity index (χ1) is 9.92. The maximum Gasteiger partial charge on any atom is 0.308 e. The highest BCUT2D eigenvalue weighted by Gasteiger charge is 2.31. The molecule has 0 aliphatic carbocycles. The molecule has 0 aromatic heterocycles. The van der Waals surface area contributed by atoms with Gasteiger partial charge in [0.25, 0.3) is 0 Å². The van der Waals surface area contributed by atoms with Crippen LogP contribution in [0.1, 0.15) is 24.0 Å². The van der Waals surface area contributed by atoms with Crippen LogP contribution in [0.15, 0.2) is 24.3 Å². The fourth-order valence-electron chi connectivity index (χ4n) is 2.52. The lowest BCUT2D eigenvalue weighted by atomic mass is 9.99. The van der Waals surface area contributed by atoms with Crippen LogP contribution in [-0.4, -0.2) is 38.9 Å². The highest BCUT2D eigenvalue weighted by Crippen LogP contribution is 2.22. The van der Waals surface area contributed by atoms with Crippen LogP contribution >= 0.6 is 0 Å². The normalized spacial score (nSPS) is 17.6. The number of nitrogens with zero attached hydrogens (tertiary/aromatic N) is 1. The number of hydrogen-bond donors (Lipinski definition) is 0. The summed E-state index contributed by atoms with van der Waals surface area (Å²) < 4.78 is 31.0. The summed E-state index contributed by atoms with van der Waals surface area (Å²) in [6, 6.07) is 7.50. The molecule has 0 bridgehead atoms.